The minimum absolute atomic E-state index is 0.201. The van der Waals surface area contributed by atoms with Crippen LogP contribution in [0.4, 0.5) is 0 Å². The summed E-state index contributed by atoms with van der Waals surface area (Å²) >= 11 is 0. The fourth-order valence-corrected chi connectivity index (χ4v) is 17.7. The van der Waals surface area contributed by atoms with Gasteiger partial charge in [-0.05, 0) is 161 Å². The van der Waals surface area contributed by atoms with Crippen LogP contribution >= 0.6 is 0 Å². The Morgan fingerprint density at radius 1 is 0.650 bits per heavy atom. The molecule has 0 N–H and O–H groups in total. The fraction of sp³-hybridized carbons (Fsp3) is 0.649. The highest BCUT2D eigenvalue weighted by Gasteiger charge is 2.68. The van der Waals surface area contributed by atoms with Crippen molar-refractivity contribution >= 4 is 0 Å². The zero-order valence-corrected chi connectivity index (χ0v) is 36.4. The van der Waals surface area contributed by atoms with Crippen LogP contribution in [0.2, 0.25) is 0 Å². The molecule has 0 aromatic rings. The van der Waals surface area contributed by atoms with Crippen LogP contribution in [0.15, 0.2) is 119 Å². The van der Waals surface area contributed by atoms with Gasteiger partial charge < -0.3 is 9.47 Å². The Kier molecular flexibility index (Phi) is 9.50. The van der Waals surface area contributed by atoms with Crippen molar-refractivity contribution < 1.29 is 9.47 Å². The molecule has 2 aliphatic heterocycles. The van der Waals surface area contributed by atoms with Crippen molar-refractivity contribution in [1.82, 2.24) is 4.90 Å². The van der Waals surface area contributed by atoms with Gasteiger partial charge in [-0.3, -0.25) is 4.90 Å². The number of rotatable bonds is 4. The lowest BCUT2D eigenvalue weighted by Crippen LogP contribution is -2.54. The summed E-state index contributed by atoms with van der Waals surface area (Å²) in [7, 11) is 0. The van der Waals surface area contributed by atoms with Gasteiger partial charge in [0.1, 0.15) is 11.9 Å². The highest BCUT2D eigenvalue weighted by Crippen LogP contribution is 2.73. The third-order valence-electron chi connectivity index (χ3n) is 19.8. The van der Waals surface area contributed by atoms with Crippen molar-refractivity contribution in [3.63, 3.8) is 0 Å². The molecule has 13 rings (SSSR count). The molecule has 0 radical (unpaired) electrons. The topological polar surface area (TPSA) is 21.7 Å². The van der Waals surface area contributed by atoms with Crippen LogP contribution in [0, 0.1) is 58.7 Å². The number of nitrogens with zero attached hydrogens (tertiary/aromatic N) is 1. The van der Waals surface area contributed by atoms with Gasteiger partial charge in [-0.1, -0.05) is 116 Å². The highest BCUT2D eigenvalue weighted by molar-refractivity contribution is 5.47. The molecule has 1 spiro atoms. The molecule has 60 heavy (non-hydrogen) atoms. The summed E-state index contributed by atoms with van der Waals surface area (Å²) in [5, 5.41) is 0. The van der Waals surface area contributed by atoms with Gasteiger partial charge in [-0.15, -0.1) is 0 Å². The number of hydrogen-bond acceptors (Lipinski definition) is 3. The van der Waals surface area contributed by atoms with Crippen molar-refractivity contribution in [3.8, 4) is 0 Å². The number of ether oxygens (including phenoxy) is 2. The Hall–Kier alpha value is -2.88. The number of allylic oxidation sites excluding steroid dienone is 12. The van der Waals surface area contributed by atoms with E-state index in [0.717, 1.165) is 48.5 Å². The van der Waals surface area contributed by atoms with E-state index in [9.17, 15) is 0 Å². The smallest absolute Gasteiger partial charge is 0.120 e. The lowest BCUT2D eigenvalue weighted by molar-refractivity contribution is -0.0469. The third kappa shape index (κ3) is 5.78. The van der Waals surface area contributed by atoms with E-state index in [0.29, 0.717) is 35.8 Å². The quantitative estimate of drug-likeness (QED) is 0.264. The number of hydrogen-bond donors (Lipinski definition) is 0. The normalized spacial score (nSPS) is 47.0. The predicted octanol–water partition coefficient (Wildman–Crippen LogP) is 13.2. The van der Waals surface area contributed by atoms with Crippen molar-refractivity contribution in [2.75, 3.05) is 0 Å². The summed E-state index contributed by atoms with van der Waals surface area (Å²) in [5.74, 6) is 7.73. The van der Waals surface area contributed by atoms with Crippen LogP contribution in [-0.2, 0) is 9.47 Å². The summed E-state index contributed by atoms with van der Waals surface area (Å²) in [6, 6.07) is 1.91. The first-order valence-corrected chi connectivity index (χ1v) is 25.7. The molecule has 13 aliphatic rings. The molecule has 4 fully saturated rings. The first-order valence-electron chi connectivity index (χ1n) is 25.7. The van der Waals surface area contributed by atoms with Crippen molar-refractivity contribution in [1.29, 1.82) is 0 Å². The SMILES string of the molecule is C1=CC2OC3C(C4=CCC(N(C5C=CC6C(C5)C5C7=C(CCCC7)CCC5C65C6=C(CCC=C6)OC6C=CCCC65)C5CCC6CCCCC6C5)CC4)=CC=CC3C2C=C1. The molecule has 0 amide bonds. The molecule has 3 nitrogen and oxygen atoms in total. The van der Waals surface area contributed by atoms with E-state index in [1.165, 1.54) is 133 Å². The first kappa shape index (κ1) is 37.7. The van der Waals surface area contributed by atoms with Gasteiger partial charge in [-0.25, -0.2) is 0 Å². The van der Waals surface area contributed by atoms with Crippen LogP contribution in [-0.4, -0.2) is 41.3 Å². The van der Waals surface area contributed by atoms with Crippen LogP contribution in [0.3, 0.4) is 0 Å². The Morgan fingerprint density at radius 2 is 1.57 bits per heavy atom. The molecule has 3 saturated carbocycles. The van der Waals surface area contributed by atoms with E-state index < -0.39 is 0 Å². The van der Waals surface area contributed by atoms with Gasteiger partial charge in [0.2, 0.25) is 0 Å². The Labute approximate surface area is 361 Å². The average molecular weight is 802 g/mol. The van der Waals surface area contributed by atoms with E-state index in [-0.39, 0.29) is 23.7 Å². The second-order valence-corrected chi connectivity index (χ2v) is 22.1. The highest BCUT2D eigenvalue weighted by atomic mass is 16.5. The van der Waals surface area contributed by atoms with Gasteiger partial charge in [0.05, 0.1) is 12.2 Å². The van der Waals surface area contributed by atoms with Gasteiger partial charge in [-0.2, -0.15) is 0 Å². The van der Waals surface area contributed by atoms with Crippen LogP contribution in [0.25, 0.3) is 0 Å². The fourth-order valence-electron chi connectivity index (χ4n) is 17.7. The Bertz CT molecular complexity index is 2050. The maximum atomic E-state index is 7.08. The Morgan fingerprint density at radius 3 is 2.52 bits per heavy atom. The van der Waals surface area contributed by atoms with Crippen LogP contribution in [0.5, 0.6) is 0 Å². The molecule has 2 heterocycles. The first-order chi connectivity index (χ1) is 29.7. The summed E-state index contributed by atoms with van der Waals surface area (Å²) in [5.41, 5.74) is 8.84. The summed E-state index contributed by atoms with van der Waals surface area (Å²) in [6.07, 6.45) is 64.1. The average Bonchev–Trinajstić information content (AvgIpc) is 3.83. The summed E-state index contributed by atoms with van der Waals surface area (Å²) in [4.78, 5) is 3.25. The zero-order valence-electron chi connectivity index (χ0n) is 36.4. The van der Waals surface area contributed by atoms with Crippen molar-refractivity contribution in [3.05, 3.63) is 119 Å². The van der Waals surface area contributed by atoms with Crippen LogP contribution in [0.1, 0.15) is 135 Å². The van der Waals surface area contributed by atoms with E-state index in [1.807, 2.05) is 11.1 Å². The molecule has 316 valence electrons. The lowest BCUT2D eigenvalue weighted by Gasteiger charge is -2.56. The predicted molar refractivity (Wildman–Crippen MR) is 243 cm³/mol. The van der Waals surface area contributed by atoms with Crippen molar-refractivity contribution in [2.45, 2.75) is 171 Å². The second-order valence-electron chi connectivity index (χ2n) is 22.1. The minimum Gasteiger partial charge on any atom is -0.490 e. The molecular formula is C57H71NO2. The van der Waals surface area contributed by atoms with E-state index in [1.54, 1.807) is 11.1 Å². The van der Waals surface area contributed by atoms with Gasteiger partial charge >= 0.3 is 0 Å². The second kappa shape index (κ2) is 15.1. The van der Waals surface area contributed by atoms with Crippen molar-refractivity contribution in [2.24, 2.45) is 58.7 Å². The molecule has 0 aromatic carbocycles. The van der Waals surface area contributed by atoms with E-state index in [4.69, 9.17) is 9.47 Å². The van der Waals surface area contributed by atoms with Crippen LogP contribution < -0.4 is 0 Å². The molecule has 0 bridgehead atoms. The molecule has 16 atom stereocenters. The lowest BCUT2D eigenvalue weighted by atomic mass is 9.51. The summed E-state index contributed by atoms with van der Waals surface area (Å²) in [6.45, 7) is 0. The molecule has 0 aromatic heterocycles. The number of fused-ring (bicyclic) bond motifs is 13. The van der Waals surface area contributed by atoms with E-state index >= 15 is 0 Å². The minimum atomic E-state index is 0.201. The maximum Gasteiger partial charge on any atom is 0.120 e. The van der Waals surface area contributed by atoms with Gasteiger partial charge in [0, 0.05) is 47.7 Å². The molecule has 16 unspecified atom stereocenters. The van der Waals surface area contributed by atoms with Gasteiger partial charge in [0.25, 0.3) is 0 Å². The maximum absolute atomic E-state index is 7.08. The largest absolute Gasteiger partial charge is 0.490 e. The monoisotopic (exact) mass is 802 g/mol. The third-order valence-corrected chi connectivity index (χ3v) is 19.8. The molecule has 11 aliphatic carbocycles. The molecule has 1 saturated heterocycles. The molecule has 3 heteroatoms. The summed E-state index contributed by atoms with van der Waals surface area (Å²) < 4.78 is 13.9. The standard InChI is InChI=1S/C57H71NO2/c1-2-14-39-34-41(30-24-36(39)12-1)58(40-28-25-38(26-29-40)44-17-11-18-46-45-16-5-8-21-52(45)60-56(44)46)42-31-33-48-47(35-42)55-43-15-4-3-13-37(43)27-32-51(55)57(48)49-19-6-9-22-53(49)59-54-23-10-7-20-50(54)57/h5-6,8,10-11,16-19,21,23,25,31,33,36,39-42,45-48,50-52,54-56H,1-4,7,9,12-15,20,22,24,26-30,32,34-35H2. The zero-order chi connectivity index (χ0) is 39.4. The van der Waals surface area contributed by atoms with Gasteiger partial charge in [0.15, 0.2) is 0 Å². The van der Waals surface area contributed by atoms with E-state index in [2.05, 4.69) is 90.0 Å². The Balaban J connectivity index is 0.869. The molecular weight excluding hydrogens is 731 g/mol.